The number of carbonyl (C=O) groups is 2. The lowest BCUT2D eigenvalue weighted by Gasteiger charge is -2.33. The van der Waals surface area contributed by atoms with Crippen LogP contribution in [-0.4, -0.2) is 44.3 Å². The third-order valence-corrected chi connectivity index (χ3v) is 8.47. The van der Waals surface area contributed by atoms with Gasteiger partial charge in [-0.1, -0.05) is 80.4 Å². The molecule has 1 N–H and O–H groups in total. The predicted molar refractivity (Wildman–Crippen MR) is 161 cm³/mol. The van der Waals surface area contributed by atoms with Crippen LogP contribution in [0.4, 0.5) is 5.69 Å². The summed E-state index contributed by atoms with van der Waals surface area (Å²) < 4.78 is 29.0. The third kappa shape index (κ3) is 7.94. The van der Waals surface area contributed by atoms with E-state index in [-0.39, 0.29) is 23.3 Å². The van der Waals surface area contributed by atoms with Gasteiger partial charge in [-0.25, -0.2) is 8.42 Å². The van der Waals surface area contributed by atoms with E-state index in [2.05, 4.69) is 5.32 Å². The molecule has 0 bridgehead atoms. The summed E-state index contributed by atoms with van der Waals surface area (Å²) in [4.78, 5) is 29.0. The maximum absolute atomic E-state index is 14.1. The topological polar surface area (TPSA) is 86.8 Å². The molecule has 0 aliphatic rings. The first-order valence-corrected chi connectivity index (χ1v) is 15.1. The van der Waals surface area contributed by atoms with Crippen molar-refractivity contribution in [2.24, 2.45) is 5.92 Å². The van der Waals surface area contributed by atoms with Gasteiger partial charge in [0.05, 0.1) is 10.6 Å². The highest BCUT2D eigenvalue weighted by molar-refractivity contribution is 7.92. The van der Waals surface area contributed by atoms with Crippen LogP contribution in [0.15, 0.2) is 77.7 Å². The van der Waals surface area contributed by atoms with Crippen LogP contribution in [0.3, 0.4) is 0 Å². The smallest absolute Gasteiger partial charge is 0.264 e. The minimum Gasteiger partial charge on any atom is -0.354 e. The van der Waals surface area contributed by atoms with Gasteiger partial charge in [0.25, 0.3) is 10.0 Å². The average molecular weight is 564 g/mol. The molecule has 0 aliphatic carbocycles. The molecule has 3 rings (SSSR count). The number of sulfonamides is 1. The van der Waals surface area contributed by atoms with Gasteiger partial charge in [-0.2, -0.15) is 0 Å². The summed E-state index contributed by atoms with van der Waals surface area (Å²) in [5, 5.41) is 2.95. The molecule has 0 radical (unpaired) electrons. The largest absolute Gasteiger partial charge is 0.354 e. The van der Waals surface area contributed by atoms with E-state index in [0.717, 1.165) is 26.6 Å². The average Bonchev–Trinajstić information content (AvgIpc) is 2.90. The van der Waals surface area contributed by atoms with Gasteiger partial charge in [0, 0.05) is 13.1 Å². The van der Waals surface area contributed by atoms with Crippen LogP contribution in [0.2, 0.25) is 0 Å². The number of nitrogens with one attached hydrogen (secondary N) is 1. The highest BCUT2D eigenvalue weighted by atomic mass is 32.2. The first kappa shape index (κ1) is 30.9. The third-order valence-electron chi connectivity index (χ3n) is 6.68. The molecule has 0 spiro atoms. The van der Waals surface area contributed by atoms with E-state index in [1.165, 1.54) is 4.90 Å². The molecule has 0 aliphatic heterocycles. The number of carbonyl (C=O) groups excluding carboxylic acids is 2. The lowest BCUT2D eigenvalue weighted by Crippen LogP contribution is -2.52. The summed E-state index contributed by atoms with van der Waals surface area (Å²) >= 11 is 0. The predicted octanol–water partition coefficient (Wildman–Crippen LogP) is 5.39. The highest BCUT2D eigenvalue weighted by Crippen LogP contribution is 2.26. The van der Waals surface area contributed by atoms with Gasteiger partial charge in [-0.15, -0.1) is 0 Å². The summed E-state index contributed by atoms with van der Waals surface area (Å²) in [7, 11) is -4.08. The maximum Gasteiger partial charge on any atom is 0.264 e. The molecule has 0 saturated heterocycles. The molecule has 1 atom stereocenters. The maximum atomic E-state index is 14.1. The van der Waals surface area contributed by atoms with E-state index in [1.807, 2.05) is 71.9 Å². The minimum absolute atomic E-state index is 0.0966. The molecule has 2 amide bonds. The molecular weight excluding hydrogens is 522 g/mol. The monoisotopic (exact) mass is 563 g/mol. The van der Waals surface area contributed by atoms with Crippen molar-refractivity contribution in [2.75, 3.05) is 17.4 Å². The van der Waals surface area contributed by atoms with E-state index < -0.39 is 28.5 Å². The number of hydrogen-bond donors (Lipinski definition) is 1. The van der Waals surface area contributed by atoms with E-state index in [4.69, 9.17) is 0 Å². The van der Waals surface area contributed by atoms with Gasteiger partial charge in [-0.05, 0) is 68.5 Å². The summed E-state index contributed by atoms with van der Waals surface area (Å²) in [6.45, 7) is 11.8. The summed E-state index contributed by atoms with van der Waals surface area (Å²) in [6, 6.07) is 20.7. The van der Waals surface area contributed by atoms with Crippen molar-refractivity contribution >= 4 is 27.5 Å². The quantitative estimate of drug-likeness (QED) is 0.320. The Hall–Kier alpha value is -3.65. The van der Waals surface area contributed by atoms with E-state index in [1.54, 1.807) is 42.5 Å². The number of nitrogens with zero attached hydrogens (tertiary/aromatic N) is 2. The SMILES string of the molecule is CC[C@@H](C(=O)NCC(C)C)N(Cc1cccc(C)c1)C(=O)CN(c1cccc(C)c1)S(=O)(=O)c1ccc(C)cc1. The summed E-state index contributed by atoms with van der Waals surface area (Å²) in [5.41, 5.74) is 4.09. The Labute approximate surface area is 239 Å². The molecule has 40 heavy (non-hydrogen) atoms. The lowest BCUT2D eigenvalue weighted by molar-refractivity contribution is -0.140. The van der Waals surface area contributed by atoms with Crippen molar-refractivity contribution in [1.29, 1.82) is 0 Å². The van der Waals surface area contributed by atoms with Crippen LogP contribution in [0.5, 0.6) is 0 Å². The zero-order valence-corrected chi connectivity index (χ0v) is 25.2. The Morgan fingerprint density at radius 2 is 1.48 bits per heavy atom. The number of aryl methyl sites for hydroxylation is 3. The van der Waals surface area contributed by atoms with Gasteiger partial charge < -0.3 is 10.2 Å². The highest BCUT2D eigenvalue weighted by Gasteiger charge is 2.33. The lowest BCUT2D eigenvalue weighted by atomic mass is 10.1. The fraction of sp³-hybridized carbons (Fsp3) is 0.375. The molecule has 7 nitrogen and oxygen atoms in total. The van der Waals surface area contributed by atoms with Gasteiger partial charge in [0.15, 0.2) is 0 Å². The van der Waals surface area contributed by atoms with E-state index in [9.17, 15) is 18.0 Å². The second kappa shape index (κ2) is 13.6. The Bertz CT molecular complexity index is 1420. The zero-order valence-electron chi connectivity index (χ0n) is 24.3. The fourth-order valence-electron chi connectivity index (χ4n) is 4.50. The number of benzene rings is 3. The van der Waals surface area contributed by atoms with Gasteiger partial charge in [0.1, 0.15) is 12.6 Å². The second-order valence-corrected chi connectivity index (χ2v) is 12.6. The van der Waals surface area contributed by atoms with Gasteiger partial charge in [0.2, 0.25) is 11.8 Å². The van der Waals surface area contributed by atoms with Crippen LogP contribution in [0, 0.1) is 26.7 Å². The fourth-order valence-corrected chi connectivity index (χ4v) is 5.90. The standard InChI is InChI=1S/C32H41N3O4S/c1-7-30(32(37)33-20-23(2)3)34(21-27-12-8-10-25(5)18-27)31(36)22-35(28-13-9-11-26(6)19-28)40(38,39)29-16-14-24(4)15-17-29/h8-19,23,30H,7,20-22H2,1-6H3,(H,33,37)/t30-/m0/s1. The van der Waals surface area contributed by atoms with Crippen molar-refractivity contribution in [2.45, 2.75) is 65.4 Å². The van der Waals surface area contributed by atoms with Crippen LogP contribution in [-0.2, 0) is 26.2 Å². The summed E-state index contributed by atoms with van der Waals surface area (Å²) in [6.07, 6.45) is 0.386. The van der Waals surface area contributed by atoms with Crippen LogP contribution in [0.1, 0.15) is 49.4 Å². The molecule has 0 unspecified atom stereocenters. The van der Waals surface area contributed by atoms with Crippen LogP contribution >= 0.6 is 0 Å². The minimum atomic E-state index is -4.08. The number of hydrogen-bond acceptors (Lipinski definition) is 4. The first-order chi connectivity index (χ1) is 18.9. The molecular formula is C32H41N3O4S. The molecule has 0 saturated carbocycles. The zero-order chi connectivity index (χ0) is 29.4. The summed E-state index contributed by atoms with van der Waals surface area (Å²) in [5.74, 6) is -0.454. The Balaban J connectivity index is 2.05. The first-order valence-electron chi connectivity index (χ1n) is 13.7. The van der Waals surface area contributed by atoms with Crippen molar-refractivity contribution in [1.82, 2.24) is 10.2 Å². The molecule has 0 fully saturated rings. The molecule has 0 aromatic heterocycles. The molecule has 0 heterocycles. The molecule has 3 aromatic carbocycles. The van der Waals surface area contributed by atoms with E-state index >= 15 is 0 Å². The molecule has 214 valence electrons. The van der Waals surface area contributed by atoms with E-state index in [0.29, 0.717) is 18.7 Å². The Morgan fingerprint density at radius 1 is 0.850 bits per heavy atom. The van der Waals surface area contributed by atoms with Gasteiger partial charge >= 0.3 is 0 Å². The molecule has 3 aromatic rings. The Kier molecular flexibility index (Phi) is 10.5. The molecule has 8 heteroatoms. The van der Waals surface area contributed by atoms with Crippen molar-refractivity contribution < 1.29 is 18.0 Å². The second-order valence-electron chi connectivity index (χ2n) is 10.7. The normalized spacial score (nSPS) is 12.2. The number of amides is 2. The van der Waals surface area contributed by atoms with Crippen molar-refractivity contribution in [3.63, 3.8) is 0 Å². The number of rotatable bonds is 12. The van der Waals surface area contributed by atoms with Crippen LogP contribution in [0.25, 0.3) is 0 Å². The number of anilines is 1. The van der Waals surface area contributed by atoms with Crippen LogP contribution < -0.4 is 9.62 Å². The Morgan fingerprint density at radius 3 is 2.05 bits per heavy atom. The van der Waals surface area contributed by atoms with Crippen molar-refractivity contribution in [3.05, 3.63) is 95.1 Å². The van der Waals surface area contributed by atoms with Crippen molar-refractivity contribution in [3.8, 4) is 0 Å². The van der Waals surface area contributed by atoms with Gasteiger partial charge in [-0.3, -0.25) is 13.9 Å².